The predicted molar refractivity (Wildman–Crippen MR) is 86.3 cm³/mol. The van der Waals surface area contributed by atoms with Crippen molar-refractivity contribution in [3.05, 3.63) is 30.1 Å². The van der Waals surface area contributed by atoms with Gasteiger partial charge in [0.1, 0.15) is 5.82 Å². The minimum atomic E-state index is -0.846. The third kappa shape index (κ3) is 1.60. The molecule has 1 N–H and O–H groups in total. The van der Waals surface area contributed by atoms with Crippen LogP contribution in [-0.2, 0) is 9.59 Å². The highest BCUT2D eigenvalue weighted by Gasteiger charge is 2.76. The van der Waals surface area contributed by atoms with Gasteiger partial charge in [-0.05, 0) is 30.4 Å². The summed E-state index contributed by atoms with van der Waals surface area (Å²) in [6, 6.07) is 6.09. The zero-order valence-corrected chi connectivity index (χ0v) is 14.5. The Kier molecular flexibility index (Phi) is 3.30. The number of para-hydroxylation sites is 1. The number of fused-ring (bicyclic) bond motifs is 2. The fraction of sp³-hybridized carbons (Fsp3) is 0.529. The molecule has 1 aromatic rings. The van der Waals surface area contributed by atoms with Gasteiger partial charge in [-0.15, -0.1) is 0 Å². The second-order valence-corrected chi connectivity index (χ2v) is 8.00. The number of rotatable bonds is 2. The maximum Gasteiger partial charge on any atom is 0.232 e. The summed E-state index contributed by atoms with van der Waals surface area (Å²) in [6.45, 7) is 5.88. The number of carbonyl (C=O) groups is 2. The van der Waals surface area contributed by atoms with Gasteiger partial charge in [0.15, 0.2) is 5.78 Å². The highest BCUT2D eigenvalue weighted by Crippen LogP contribution is 2.72. The van der Waals surface area contributed by atoms with Crippen molar-refractivity contribution >= 4 is 33.3 Å². The Labute approximate surface area is 137 Å². The van der Waals surface area contributed by atoms with E-state index < -0.39 is 26.9 Å². The number of hydrogen-bond acceptors (Lipinski definition) is 2. The Morgan fingerprint density at radius 3 is 2.45 bits per heavy atom. The summed E-state index contributed by atoms with van der Waals surface area (Å²) in [4.78, 5) is 25.1. The van der Waals surface area contributed by atoms with Crippen LogP contribution in [-0.4, -0.2) is 16.5 Å². The molecule has 3 rings (SSSR count). The number of alkyl halides is 1. The summed E-state index contributed by atoms with van der Waals surface area (Å²) in [5, 5.41) is 2.70. The highest BCUT2D eigenvalue weighted by atomic mass is 79.9. The van der Waals surface area contributed by atoms with Gasteiger partial charge in [0.05, 0.1) is 15.9 Å². The number of ketones is 1. The molecule has 0 aliphatic heterocycles. The van der Waals surface area contributed by atoms with Crippen molar-refractivity contribution in [1.29, 1.82) is 0 Å². The van der Waals surface area contributed by atoms with Gasteiger partial charge in [0.25, 0.3) is 0 Å². The quantitative estimate of drug-likeness (QED) is 0.805. The number of anilines is 1. The molecule has 118 valence electrons. The monoisotopic (exact) mass is 367 g/mol. The lowest BCUT2D eigenvalue weighted by molar-refractivity contribution is -0.130. The average molecular weight is 368 g/mol. The SMILES string of the molecule is CC12CCC(C(=O)Nc3ccccc3F)(C(Br)C1=O)C2(C)C. The molecule has 1 amide bonds. The molecule has 2 fully saturated rings. The van der Waals surface area contributed by atoms with E-state index in [2.05, 4.69) is 21.2 Å². The molecule has 2 bridgehead atoms. The standard InChI is InChI=1S/C17H19BrFNO2/c1-15(2)16(3)8-9-17(15,12(18)13(16)21)14(22)20-11-7-5-4-6-10(11)19/h4-7,12H,8-9H2,1-3H3,(H,20,22). The van der Waals surface area contributed by atoms with Crippen molar-refractivity contribution in [2.24, 2.45) is 16.2 Å². The second-order valence-electron chi connectivity index (χ2n) is 7.09. The van der Waals surface area contributed by atoms with Gasteiger partial charge in [-0.25, -0.2) is 4.39 Å². The summed E-state index contributed by atoms with van der Waals surface area (Å²) >= 11 is 3.46. The van der Waals surface area contributed by atoms with Crippen LogP contribution in [0, 0.1) is 22.1 Å². The largest absolute Gasteiger partial charge is 0.323 e. The normalized spacial score (nSPS) is 35.7. The van der Waals surface area contributed by atoms with E-state index in [0.29, 0.717) is 12.8 Å². The topological polar surface area (TPSA) is 46.2 Å². The van der Waals surface area contributed by atoms with E-state index in [1.165, 1.54) is 12.1 Å². The minimum Gasteiger partial charge on any atom is -0.323 e. The van der Waals surface area contributed by atoms with Gasteiger partial charge >= 0.3 is 0 Å². The zero-order valence-electron chi connectivity index (χ0n) is 12.9. The lowest BCUT2D eigenvalue weighted by Gasteiger charge is -2.39. The van der Waals surface area contributed by atoms with E-state index in [-0.39, 0.29) is 17.4 Å². The maximum absolute atomic E-state index is 13.8. The van der Waals surface area contributed by atoms with Crippen LogP contribution in [0.25, 0.3) is 0 Å². The molecule has 2 aliphatic carbocycles. The number of nitrogens with one attached hydrogen (secondary N) is 1. The first-order valence-corrected chi connectivity index (χ1v) is 8.34. The summed E-state index contributed by atoms with van der Waals surface area (Å²) in [6.07, 6.45) is 1.31. The first-order chi connectivity index (χ1) is 10.2. The van der Waals surface area contributed by atoms with E-state index in [0.717, 1.165) is 0 Å². The molecule has 3 atom stereocenters. The summed E-state index contributed by atoms with van der Waals surface area (Å²) in [7, 11) is 0. The van der Waals surface area contributed by atoms with Gasteiger partial charge in [-0.1, -0.05) is 48.8 Å². The van der Waals surface area contributed by atoms with E-state index in [1.54, 1.807) is 12.1 Å². The van der Waals surface area contributed by atoms with Crippen molar-refractivity contribution in [1.82, 2.24) is 0 Å². The maximum atomic E-state index is 13.8. The first kappa shape index (κ1) is 15.7. The van der Waals surface area contributed by atoms with Crippen LogP contribution in [0.3, 0.4) is 0 Å². The molecule has 0 saturated heterocycles. The van der Waals surface area contributed by atoms with Gasteiger partial charge in [0.2, 0.25) is 5.91 Å². The summed E-state index contributed by atoms with van der Waals surface area (Å²) < 4.78 is 13.8. The number of benzene rings is 1. The van der Waals surface area contributed by atoms with Crippen molar-refractivity contribution in [2.75, 3.05) is 5.32 Å². The molecular formula is C17H19BrFNO2. The van der Waals surface area contributed by atoms with Crippen molar-refractivity contribution in [2.45, 2.75) is 38.4 Å². The molecule has 5 heteroatoms. The Morgan fingerprint density at radius 1 is 1.27 bits per heavy atom. The Morgan fingerprint density at radius 2 is 1.91 bits per heavy atom. The third-order valence-electron chi connectivity index (χ3n) is 6.25. The third-order valence-corrected chi connectivity index (χ3v) is 7.45. The zero-order chi connectivity index (χ0) is 16.3. The Hall–Kier alpha value is -1.23. The van der Waals surface area contributed by atoms with E-state index in [4.69, 9.17) is 0 Å². The first-order valence-electron chi connectivity index (χ1n) is 7.43. The highest BCUT2D eigenvalue weighted by molar-refractivity contribution is 9.10. The molecule has 0 heterocycles. The molecular weight excluding hydrogens is 349 g/mol. The minimum absolute atomic E-state index is 0.0763. The number of hydrogen-bond donors (Lipinski definition) is 1. The second kappa shape index (κ2) is 4.63. The molecule has 0 aromatic heterocycles. The van der Waals surface area contributed by atoms with Gasteiger partial charge in [-0.3, -0.25) is 9.59 Å². The van der Waals surface area contributed by atoms with Crippen LogP contribution in [0.1, 0.15) is 33.6 Å². The molecule has 2 saturated carbocycles. The Balaban J connectivity index is 2.02. The fourth-order valence-electron chi connectivity index (χ4n) is 4.25. The van der Waals surface area contributed by atoms with Crippen molar-refractivity contribution in [3.8, 4) is 0 Å². The molecule has 0 spiro atoms. The summed E-state index contributed by atoms with van der Waals surface area (Å²) in [5.41, 5.74) is -1.69. The van der Waals surface area contributed by atoms with Gasteiger partial charge in [-0.2, -0.15) is 0 Å². The molecule has 1 aromatic carbocycles. The number of Topliss-reactive ketones (excluding diaryl/α,β-unsaturated/α-hetero) is 1. The van der Waals surface area contributed by atoms with Crippen LogP contribution >= 0.6 is 15.9 Å². The van der Waals surface area contributed by atoms with Crippen LogP contribution in [0.15, 0.2) is 24.3 Å². The average Bonchev–Trinajstić information content (AvgIpc) is 2.74. The van der Waals surface area contributed by atoms with Crippen LogP contribution < -0.4 is 5.32 Å². The van der Waals surface area contributed by atoms with Crippen LogP contribution in [0.2, 0.25) is 0 Å². The molecule has 3 nitrogen and oxygen atoms in total. The number of halogens is 2. The van der Waals surface area contributed by atoms with Gasteiger partial charge < -0.3 is 5.32 Å². The lowest BCUT2D eigenvalue weighted by Crippen LogP contribution is -2.48. The summed E-state index contributed by atoms with van der Waals surface area (Å²) in [5.74, 6) is -0.673. The van der Waals surface area contributed by atoms with Crippen molar-refractivity contribution in [3.63, 3.8) is 0 Å². The molecule has 22 heavy (non-hydrogen) atoms. The van der Waals surface area contributed by atoms with E-state index >= 15 is 0 Å². The molecule has 2 aliphatic rings. The number of carbonyl (C=O) groups excluding carboxylic acids is 2. The van der Waals surface area contributed by atoms with Crippen LogP contribution in [0.4, 0.5) is 10.1 Å². The molecule has 0 radical (unpaired) electrons. The lowest BCUT2D eigenvalue weighted by atomic mass is 9.64. The fourth-order valence-corrected chi connectivity index (χ4v) is 5.77. The van der Waals surface area contributed by atoms with Gasteiger partial charge in [0, 0.05) is 5.41 Å². The van der Waals surface area contributed by atoms with E-state index in [1.807, 2.05) is 20.8 Å². The van der Waals surface area contributed by atoms with E-state index in [9.17, 15) is 14.0 Å². The van der Waals surface area contributed by atoms with Crippen molar-refractivity contribution < 1.29 is 14.0 Å². The predicted octanol–water partition coefficient (Wildman–Crippen LogP) is 3.92. The molecule has 3 unspecified atom stereocenters. The smallest absolute Gasteiger partial charge is 0.232 e. The Bertz CT molecular complexity index is 674. The number of amides is 1. The van der Waals surface area contributed by atoms with Crippen LogP contribution in [0.5, 0.6) is 0 Å².